The number of aliphatic hydroxyl groups is 1. The summed E-state index contributed by atoms with van der Waals surface area (Å²) in [6, 6.07) is 22.4. The van der Waals surface area contributed by atoms with Gasteiger partial charge in [-0.25, -0.2) is 18.1 Å². The second kappa shape index (κ2) is 17.2. The Kier molecular flexibility index (Phi) is 13.7. The average Bonchev–Trinajstić information content (AvgIpc) is 3.05. The van der Waals surface area contributed by atoms with Crippen molar-refractivity contribution in [3.63, 3.8) is 0 Å². The van der Waals surface area contributed by atoms with Crippen molar-refractivity contribution in [2.45, 2.75) is 75.4 Å². The lowest BCUT2D eigenvalue weighted by molar-refractivity contribution is -0.132. The van der Waals surface area contributed by atoms with Gasteiger partial charge in [-0.1, -0.05) is 74.5 Å². The lowest BCUT2D eigenvalue weighted by Gasteiger charge is -2.33. The zero-order valence-corrected chi connectivity index (χ0v) is 28.0. The van der Waals surface area contributed by atoms with Crippen LogP contribution in [0.5, 0.6) is 0 Å². The summed E-state index contributed by atoms with van der Waals surface area (Å²) < 4.78 is 33.8. The number of imide groups is 1. The number of carbonyl (C=O) groups is 2. The van der Waals surface area contributed by atoms with Crippen LogP contribution in [0.2, 0.25) is 0 Å². The molecule has 10 nitrogen and oxygen atoms in total. The smallest absolute Gasteiger partial charge is 0.416 e. The third kappa shape index (κ3) is 9.38. The predicted octanol–water partition coefficient (Wildman–Crippen LogP) is 4.98. The van der Waals surface area contributed by atoms with Crippen molar-refractivity contribution in [1.82, 2.24) is 9.21 Å². The molecule has 0 radical (unpaired) electrons. The molecule has 2 amide bonds. The number of benzene rings is 3. The van der Waals surface area contributed by atoms with Gasteiger partial charge in [0.05, 0.1) is 24.7 Å². The van der Waals surface area contributed by atoms with Gasteiger partial charge in [0.2, 0.25) is 15.9 Å². The molecule has 3 atom stereocenters. The molecule has 0 fully saturated rings. The third-order valence-electron chi connectivity index (χ3n) is 8.20. The zero-order chi connectivity index (χ0) is 33.9. The molecule has 0 saturated carbocycles. The van der Waals surface area contributed by atoms with Gasteiger partial charge in [0.15, 0.2) is 0 Å². The first-order valence-electron chi connectivity index (χ1n) is 15.7. The molecular weight excluding hydrogens is 604 g/mol. The molecule has 0 aliphatic rings. The lowest BCUT2D eigenvalue weighted by atomic mass is 9.84. The number of nitrogens with zero attached hydrogens (tertiary/aromatic N) is 2. The maximum Gasteiger partial charge on any atom is 0.416 e. The number of amides is 2. The second-order valence-electron chi connectivity index (χ2n) is 12.0. The average molecular weight is 653 g/mol. The normalized spacial score (nSPS) is 13.8. The van der Waals surface area contributed by atoms with Crippen molar-refractivity contribution in [1.29, 1.82) is 0 Å². The first kappa shape index (κ1) is 36.7. The molecule has 3 rings (SSSR count). The molecule has 0 saturated heterocycles. The molecule has 0 aliphatic heterocycles. The summed E-state index contributed by atoms with van der Waals surface area (Å²) in [7, 11) is -2.72. The number of anilines is 1. The SMILES string of the molecule is COC(=O)N(C(=O)[C@@H](N)C(c1ccccc1)c1ccccc1)[C@H](C)CCC[C@@H](CO)N(CCC(C)C)S(=O)(=O)c1ccc(N)cc1. The minimum absolute atomic E-state index is 0.0973. The molecule has 0 spiro atoms. The first-order valence-corrected chi connectivity index (χ1v) is 17.1. The maximum atomic E-state index is 14.0. The number of hydrogen-bond acceptors (Lipinski definition) is 8. The van der Waals surface area contributed by atoms with Crippen molar-refractivity contribution >= 4 is 27.7 Å². The minimum Gasteiger partial charge on any atom is -0.452 e. The number of ether oxygens (including phenoxy) is 1. The van der Waals surface area contributed by atoms with Crippen LogP contribution in [0, 0.1) is 5.92 Å². The van der Waals surface area contributed by atoms with E-state index in [0.29, 0.717) is 31.4 Å². The number of sulfonamides is 1. The van der Waals surface area contributed by atoms with E-state index < -0.39 is 46.1 Å². The highest BCUT2D eigenvalue weighted by molar-refractivity contribution is 7.89. The standard InChI is InChI=1S/C35H48N4O6S/c1-25(2)22-23-38(46(43,44)31-20-18-29(36)19-21-31)30(24-40)17-11-12-26(3)39(35(42)45-4)34(41)33(37)32(27-13-7-5-8-14-27)28-15-9-6-10-16-28/h5-10,13-16,18-21,25-26,30,32-33,40H,11-12,17,22-24,36-37H2,1-4H3/t26-,30+,33+/m1/s1. The van der Waals surface area contributed by atoms with Crippen LogP contribution in [0.3, 0.4) is 0 Å². The van der Waals surface area contributed by atoms with Crippen molar-refractivity contribution in [3.8, 4) is 0 Å². The molecule has 11 heteroatoms. The fraction of sp³-hybridized carbons (Fsp3) is 0.429. The van der Waals surface area contributed by atoms with Gasteiger partial charge in [-0.05, 0) is 73.9 Å². The Morgan fingerprint density at radius 1 is 0.848 bits per heavy atom. The number of nitrogens with two attached hydrogens (primary N) is 2. The Balaban J connectivity index is 1.81. The molecule has 3 aromatic carbocycles. The minimum atomic E-state index is -3.93. The van der Waals surface area contributed by atoms with Gasteiger partial charge in [0, 0.05) is 30.2 Å². The van der Waals surface area contributed by atoms with E-state index in [2.05, 4.69) is 0 Å². The van der Waals surface area contributed by atoms with Crippen LogP contribution in [0.4, 0.5) is 10.5 Å². The van der Waals surface area contributed by atoms with E-state index >= 15 is 0 Å². The van der Waals surface area contributed by atoms with Crippen LogP contribution < -0.4 is 11.5 Å². The van der Waals surface area contributed by atoms with E-state index in [0.717, 1.165) is 16.0 Å². The molecule has 0 bridgehead atoms. The van der Waals surface area contributed by atoms with Crippen LogP contribution in [-0.2, 0) is 19.6 Å². The van der Waals surface area contributed by atoms with E-state index in [1.54, 1.807) is 6.92 Å². The first-order chi connectivity index (χ1) is 21.9. The summed E-state index contributed by atoms with van der Waals surface area (Å²) in [4.78, 5) is 28.1. The summed E-state index contributed by atoms with van der Waals surface area (Å²) in [5, 5.41) is 10.4. The van der Waals surface area contributed by atoms with E-state index in [9.17, 15) is 23.1 Å². The van der Waals surface area contributed by atoms with Gasteiger partial charge in [0.1, 0.15) is 0 Å². The Bertz CT molecular complexity index is 1450. The highest BCUT2D eigenvalue weighted by Crippen LogP contribution is 2.29. The van der Waals surface area contributed by atoms with Gasteiger partial charge in [-0.2, -0.15) is 4.31 Å². The largest absolute Gasteiger partial charge is 0.452 e. The van der Waals surface area contributed by atoms with Gasteiger partial charge >= 0.3 is 6.09 Å². The summed E-state index contributed by atoms with van der Waals surface area (Å²) in [6.45, 7) is 5.59. The van der Waals surface area contributed by atoms with Gasteiger partial charge in [0.25, 0.3) is 0 Å². The Morgan fingerprint density at radius 2 is 1.39 bits per heavy atom. The highest BCUT2D eigenvalue weighted by atomic mass is 32.2. The summed E-state index contributed by atoms with van der Waals surface area (Å²) in [6.07, 6.45) is 0.840. The molecule has 250 valence electrons. The van der Waals surface area contributed by atoms with Crippen molar-refractivity contribution < 1.29 is 27.9 Å². The fourth-order valence-corrected chi connectivity index (χ4v) is 7.24. The Morgan fingerprint density at radius 3 is 1.87 bits per heavy atom. The fourth-order valence-electron chi connectivity index (χ4n) is 5.58. The number of rotatable bonds is 16. The van der Waals surface area contributed by atoms with E-state index in [1.807, 2.05) is 74.5 Å². The van der Waals surface area contributed by atoms with E-state index in [1.165, 1.54) is 35.7 Å². The zero-order valence-electron chi connectivity index (χ0n) is 27.2. The number of carbonyl (C=O) groups excluding carboxylic acids is 2. The van der Waals surface area contributed by atoms with E-state index in [4.69, 9.17) is 16.2 Å². The molecule has 46 heavy (non-hydrogen) atoms. The summed E-state index contributed by atoms with van der Waals surface area (Å²) in [5.74, 6) is -0.857. The van der Waals surface area contributed by atoms with Crippen molar-refractivity contribution in [2.24, 2.45) is 11.7 Å². The van der Waals surface area contributed by atoms with Crippen molar-refractivity contribution in [3.05, 3.63) is 96.1 Å². The monoisotopic (exact) mass is 652 g/mol. The van der Waals surface area contributed by atoms with Crippen molar-refractivity contribution in [2.75, 3.05) is 26.0 Å². The third-order valence-corrected chi connectivity index (χ3v) is 10.2. The molecule has 0 aliphatic carbocycles. The molecule has 3 aromatic rings. The molecule has 0 heterocycles. The number of hydrogen-bond donors (Lipinski definition) is 3. The van der Waals surface area contributed by atoms with Crippen LogP contribution in [0.1, 0.15) is 63.5 Å². The van der Waals surface area contributed by atoms with Gasteiger partial charge in [-0.3, -0.25) is 4.79 Å². The number of aliphatic hydroxyl groups excluding tert-OH is 1. The molecule has 0 aromatic heterocycles. The number of methoxy groups -OCH3 is 1. The lowest BCUT2D eigenvalue weighted by Crippen LogP contribution is -2.53. The topological polar surface area (TPSA) is 156 Å². The summed E-state index contributed by atoms with van der Waals surface area (Å²) in [5.41, 5.74) is 14.5. The van der Waals surface area contributed by atoms with Crippen LogP contribution in [0.25, 0.3) is 0 Å². The van der Waals surface area contributed by atoms with Gasteiger partial charge in [-0.15, -0.1) is 0 Å². The van der Waals surface area contributed by atoms with E-state index in [-0.39, 0.29) is 24.0 Å². The molecular formula is C35H48N4O6S. The molecule has 0 unspecified atom stereocenters. The highest BCUT2D eigenvalue weighted by Gasteiger charge is 2.37. The van der Waals surface area contributed by atoms with Crippen LogP contribution in [-0.4, -0.2) is 73.1 Å². The number of nitrogen functional groups attached to an aromatic ring is 1. The molecule has 5 N–H and O–H groups in total. The quantitative estimate of drug-likeness (QED) is 0.183. The van der Waals surface area contributed by atoms with Gasteiger partial charge < -0.3 is 21.3 Å². The van der Waals surface area contributed by atoms with Crippen LogP contribution in [0.15, 0.2) is 89.8 Å². The predicted molar refractivity (Wildman–Crippen MR) is 180 cm³/mol. The second-order valence-corrected chi connectivity index (χ2v) is 13.9. The summed E-state index contributed by atoms with van der Waals surface area (Å²) >= 11 is 0. The Hall–Kier alpha value is -3.77. The Labute approximate surface area is 273 Å². The maximum absolute atomic E-state index is 14.0. The van der Waals surface area contributed by atoms with Crippen LogP contribution >= 0.6 is 0 Å².